The summed E-state index contributed by atoms with van der Waals surface area (Å²) in [5.74, 6) is 1.18. The minimum atomic E-state index is -3.57. The number of aromatic hydroxyl groups is 1. The molecule has 5 nitrogen and oxygen atoms in total. The third kappa shape index (κ3) is 3.65. The van der Waals surface area contributed by atoms with E-state index < -0.39 is 9.84 Å². The van der Waals surface area contributed by atoms with Crippen LogP contribution in [0, 0.1) is 6.92 Å². The Morgan fingerprint density at radius 3 is 1.88 bits per heavy atom. The fourth-order valence-electron chi connectivity index (χ4n) is 2.41. The molecule has 0 heterocycles. The molecular weight excluding hydrogens is 352 g/mol. The molecule has 0 spiro atoms. The van der Waals surface area contributed by atoms with Crippen LogP contribution in [0.5, 0.6) is 23.0 Å². The molecule has 0 unspecified atom stereocenters. The van der Waals surface area contributed by atoms with Crippen molar-refractivity contribution in [2.45, 2.75) is 16.7 Å². The van der Waals surface area contributed by atoms with E-state index in [-0.39, 0.29) is 15.5 Å². The highest BCUT2D eigenvalue weighted by Crippen LogP contribution is 2.32. The average Bonchev–Trinajstić information content (AvgIpc) is 2.63. The quantitative estimate of drug-likeness (QED) is 0.723. The van der Waals surface area contributed by atoms with Gasteiger partial charge in [-0.1, -0.05) is 17.7 Å². The molecule has 0 saturated heterocycles. The molecule has 0 amide bonds. The lowest BCUT2D eigenvalue weighted by Gasteiger charge is -2.09. The molecule has 0 aliphatic heterocycles. The second-order valence-electron chi connectivity index (χ2n) is 5.72. The van der Waals surface area contributed by atoms with Gasteiger partial charge in [-0.25, -0.2) is 8.42 Å². The topological polar surface area (TPSA) is 72.8 Å². The molecule has 0 aromatic heterocycles. The molecule has 0 radical (unpaired) electrons. The van der Waals surface area contributed by atoms with Crippen LogP contribution in [0.15, 0.2) is 76.5 Å². The number of methoxy groups -OCH3 is 1. The van der Waals surface area contributed by atoms with E-state index in [0.29, 0.717) is 17.2 Å². The van der Waals surface area contributed by atoms with Gasteiger partial charge in [0.15, 0.2) is 11.5 Å². The van der Waals surface area contributed by atoms with Crippen molar-refractivity contribution in [3.05, 3.63) is 72.3 Å². The first-order valence-electron chi connectivity index (χ1n) is 7.87. The fourth-order valence-corrected chi connectivity index (χ4v) is 3.67. The molecule has 3 aromatic carbocycles. The molecule has 3 rings (SSSR count). The van der Waals surface area contributed by atoms with E-state index in [1.807, 2.05) is 6.92 Å². The first-order chi connectivity index (χ1) is 12.4. The first-order valence-corrected chi connectivity index (χ1v) is 9.35. The lowest BCUT2D eigenvalue weighted by molar-refractivity contribution is 0.370. The lowest BCUT2D eigenvalue weighted by atomic mass is 10.2. The van der Waals surface area contributed by atoms with Crippen molar-refractivity contribution in [1.82, 2.24) is 0 Å². The number of ether oxygens (including phenoxy) is 2. The Balaban J connectivity index is 1.82. The van der Waals surface area contributed by atoms with Crippen molar-refractivity contribution in [2.75, 3.05) is 7.11 Å². The summed E-state index contributed by atoms with van der Waals surface area (Å²) < 4.78 is 35.9. The van der Waals surface area contributed by atoms with E-state index in [1.165, 1.54) is 25.3 Å². The van der Waals surface area contributed by atoms with Crippen molar-refractivity contribution >= 4 is 9.84 Å². The van der Waals surface area contributed by atoms with Crippen LogP contribution >= 0.6 is 0 Å². The Kier molecular flexibility index (Phi) is 4.86. The molecule has 26 heavy (non-hydrogen) atoms. The molecule has 0 atom stereocenters. The molecule has 0 aliphatic rings. The normalized spacial score (nSPS) is 11.2. The summed E-state index contributed by atoms with van der Waals surface area (Å²) in [5, 5.41) is 9.78. The summed E-state index contributed by atoms with van der Waals surface area (Å²) in [6.45, 7) is 1.90. The van der Waals surface area contributed by atoms with Crippen LogP contribution in [-0.4, -0.2) is 20.6 Å². The largest absolute Gasteiger partial charge is 0.504 e. The Labute approximate surface area is 152 Å². The van der Waals surface area contributed by atoms with Gasteiger partial charge >= 0.3 is 0 Å². The van der Waals surface area contributed by atoms with E-state index in [1.54, 1.807) is 48.5 Å². The Morgan fingerprint density at radius 2 is 1.35 bits per heavy atom. The van der Waals surface area contributed by atoms with Gasteiger partial charge in [0, 0.05) is 6.07 Å². The molecule has 134 valence electrons. The predicted octanol–water partition coefficient (Wildman–Crippen LogP) is 4.33. The van der Waals surface area contributed by atoms with Gasteiger partial charge in [0.1, 0.15) is 11.5 Å². The number of hydrogen-bond acceptors (Lipinski definition) is 5. The maximum atomic E-state index is 12.6. The Hall–Kier alpha value is -2.99. The maximum Gasteiger partial charge on any atom is 0.206 e. The number of phenols is 1. The Bertz CT molecular complexity index is 1010. The van der Waals surface area contributed by atoms with Crippen LogP contribution in [0.4, 0.5) is 0 Å². The minimum absolute atomic E-state index is 0.0384. The molecule has 0 fully saturated rings. The van der Waals surface area contributed by atoms with E-state index in [0.717, 1.165) is 5.56 Å². The monoisotopic (exact) mass is 370 g/mol. The molecule has 6 heteroatoms. The van der Waals surface area contributed by atoms with Crippen LogP contribution in [-0.2, 0) is 9.84 Å². The van der Waals surface area contributed by atoms with Crippen LogP contribution < -0.4 is 9.47 Å². The molecule has 3 aromatic rings. The summed E-state index contributed by atoms with van der Waals surface area (Å²) >= 11 is 0. The van der Waals surface area contributed by atoms with Gasteiger partial charge in [-0.05, 0) is 55.5 Å². The fraction of sp³-hybridized carbons (Fsp3) is 0.100. The second-order valence-corrected chi connectivity index (χ2v) is 7.67. The van der Waals surface area contributed by atoms with Crippen molar-refractivity contribution in [3.8, 4) is 23.0 Å². The number of phenolic OH excluding ortho intramolecular Hbond substituents is 1. The van der Waals surface area contributed by atoms with Gasteiger partial charge in [0.25, 0.3) is 0 Å². The minimum Gasteiger partial charge on any atom is -0.504 e. The van der Waals surface area contributed by atoms with Gasteiger partial charge in [-0.3, -0.25) is 0 Å². The highest BCUT2D eigenvalue weighted by atomic mass is 32.2. The standard InChI is InChI=1S/C20H18O5S/c1-14-3-8-17(9-4-14)26(22,23)18-10-5-15(6-11-18)25-16-7-12-20(24-2)19(21)13-16/h3-13,21H,1-2H3. The van der Waals surface area contributed by atoms with Gasteiger partial charge in [-0.2, -0.15) is 0 Å². The zero-order valence-corrected chi connectivity index (χ0v) is 15.2. The molecule has 0 aliphatic carbocycles. The van der Waals surface area contributed by atoms with Crippen molar-refractivity contribution in [1.29, 1.82) is 0 Å². The van der Waals surface area contributed by atoms with Gasteiger partial charge in [-0.15, -0.1) is 0 Å². The van der Waals surface area contributed by atoms with Crippen molar-refractivity contribution < 1.29 is 23.0 Å². The van der Waals surface area contributed by atoms with Crippen LogP contribution in [0.25, 0.3) is 0 Å². The third-order valence-corrected chi connectivity index (χ3v) is 5.64. The number of hydrogen-bond donors (Lipinski definition) is 1. The molecule has 0 saturated carbocycles. The van der Waals surface area contributed by atoms with Crippen molar-refractivity contribution in [3.63, 3.8) is 0 Å². The summed E-state index contributed by atoms with van der Waals surface area (Å²) in [7, 11) is -2.11. The summed E-state index contributed by atoms with van der Waals surface area (Å²) in [6, 6.07) is 17.5. The molecular formula is C20H18O5S. The SMILES string of the molecule is COc1ccc(Oc2ccc(S(=O)(=O)c3ccc(C)cc3)cc2)cc1O. The Morgan fingerprint density at radius 1 is 0.808 bits per heavy atom. The summed E-state index contributed by atoms with van der Waals surface area (Å²) in [6.07, 6.45) is 0. The predicted molar refractivity (Wildman–Crippen MR) is 97.8 cm³/mol. The summed E-state index contributed by atoms with van der Waals surface area (Å²) in [5.41, 5.74) is 0.996. The highest BCUT2D eigenvalue weighted by molar-refractivity contribution is 7.91. The first kappa shape index (κ1) is 17.8. The van der Waals surface area contributed by atoms with Gasteiger partial charge in [0.2, 0.25) is 9.84 Å². The number of aryl methyl sites for hydroxylation is 1. The molecule has 0 bridgehead atoms. The van der Waals surface area contributed by atoms with Gasteiger partial charge in [0.05, 0.1) is 16.9 Å². The maximum absolute atomic E-state index is 12.6. The third-order valence-electron chi connectivity index (χ3n) is 3.85. The van der Waals surface area contributed by atoms with E-state index in [9.17, 15) is 13.5 Å². The molecule has 1 N–H and O–H groups in total. The zero-order chi connectivity index (χ0) is 18.7. The number of sulfone groups is 1. The lowest BCUT2D eigenvalue weighted by Crippen LogP contribution is -2.01. The van der Waals surface area contributed by atoms with Crippen LogP contribution in [0.3, 0.4) is 0 Å². The summed E-state index contributed by atoms with van der Waals surface area (Å²) in [4.78, 5) is 0.433. The second kappa shape index (κ2) is 7.09. The van der Waals surface area contributed by atoms with Crippen LogP contribution in [0.2, 0.25) is 0 Å². The van der Waals surface area contributed by atoms with Crippen LogP contribution in [0.1, 0.15) is 5.56 Å². The smallest absolute Gasteiger partial charge is 0.206 e. The van der Waals surface area contributed by atoms with E-state index >= 15 is 0 Å². The van der Waals surface area contributed by atoms with E-state index in [2.05, 4.69) is 0 Å². The number of rotatable bonds is 5. The van der Waals surface area contributed by atoms with E-state index in [4.69, 9.17) is 9.47 Å². The average molecular weight is 370 g/mol. The van der Waals surface area contributed by atoms with Gasteiger partial charge < -0.3 is 14.6 Å². The number of benzene rings is 3. The highest BCUT2D eigenvalue weighted by Gasteiger charge is 2.17. The zero-order valence-electron chi connectivity index (χ0n) is 14.3. The van der Waals surface area contributed by atoms with Crippen molar-refractivity contribution in [2.24, 2.45) is 0 Å².